The molecule has 15 heavy (non-hydrogen) atoms. The summed E-state index contributed by atoms with van der Waals surface area (Å²) >= 11 is 0. The zero-order chi connectivity index (χ0) is 11.1. The van der Waals surface area contributed by atoms with Crippen LogP contribution in [-0.2, 0) is 4.43 Å². The van der Waals surface area contributed by atoms with E-state index in [-0.39, 0.29) is 0 Å². The van der Waals surface area contributed by atoms with Crippen LogP contribution in [0.3, 0.4) is 0 Å². The Balaban J connectivity index is 2.33. The molecular weight excluding hydrogens is 202 g/mol. The molecule has 0 aromatic heterocycles. The van der Waals surface area contributed by atoms with Gasteiger partial charge in [0.25, 0.3) is 9.20 Å². The van der Waals surface area contributed by atoms with Gasteiger partial charge in [-0.05, 0) is 31.7 Å². The standard InChI is InChI=1S/C12H27NOSi/c1-4-10-15(14-5-2)13-12-9-7-6-8-11(12)3/h11-13,15H,4-10H2,1-3H3. The van der Waals surface area contributed by atoms with Crippen molar-refractivity contribution in [3.05, 3.63) is 0 Å². The Labute approximate surface area is 96.6 Å². The van der Waals surface area contributed by atoms with E-state index in [2.05, 4.69) is 25.8 Å². The zero-order valence-corrected chi connectivity index (χ0v) is 11.7. The highest BCUT2D eigenvalue weighted by molar-refractivity contribution is 6.48. The van der Waals surface area contributed by atoms with Crippen LogP contribution in [0, 0.1) is 5.92 Å². The average Bonchev–Trinajstić information content (AvgIpc) is 2.22. The number of hydrogen-bond acceptors (Lipinski definition) is 2. The van der Waals surface area contributed by atoms with Gasteiger partial charge in [-0.15, -0.1) is 0 Å². The van der Waals surface area contributed by atoms with Crippen molar-refractivity contribution in [2.75, 3.05) is 6.61 Å². The van der Waals surface area contributed by atoms with Crippen molar-refractivity contribution in [2.45, 2.75) is 65.0 Å². The number of rotatable bonds is 6. The van der Waals surface area contributed by atoms with Gasteiger partial charge in [0.1, 0.15) is 0 Å². The molecule has 90 valence electrons. The highest BCUT2D eigenvalue weighted by Gasteiger charge is 2.24. The van der Waals surface area contributed by atoms with E-state index in [0.29, 0.717) is 0 Å². The largest absolute Gasteiger partial charge is 0.406 e. The Bertz CT molecular complexity index is 160. The predicted molar refractivity (Wildman–Crippen MR) is 68.4 cm³/mol. The second kappa shape index (κ2) is 7.42. The van der Waals surface area contributed by atoms with Crippen LogP contribution in [0.1, 0.15) is 52.9 Å². The minimum Gasteiger partial charge on any atom is -0.406 e. The van der Waals surface area contributed by atoms with Crippen molar-refractivity contribution in [3.63, 3.8) is 0 Å². The second-order valence-corrected chi connectivity index (χ2v) is 6.99. The van der Waals surface area contributed by atoms with Crippen molar-refractivity contribution in [3.8, 4) is 0 Å². The normalized spacial score (nSPS) is 29.0. The molecule has 3 unspecified atom stereocenters. The molecule has 0 heterocycles. The third-order valence-corrected chi connectivity index (χ3v) is 6.07. The van der Waals surface area contributed by atoms with E-state index in [0.717, 1.165) is 18.6 Å². The lowest BCUT2D eigenvalue weighted by molar-refractivity contribution is 0.277. The molecule has 0 aromatic rings. The SMILES string of the molecule is CCC[SiH](NC1CCCCC1C)OCC. The molecule has 0 amide bonds. The topological polar surface area (TPSA) is 21.3 Å². The predicted octanol–water partition coefficient (Wildman–Crippen LogP) is 2.82. The average molecular weight is 229 g/mol. The summed E-state index contributed by atoms with van der Waals surface area (Å²) in [4.78, 5) is 3.82. The third-order valence-electron chi connectivity index (χ3n) is 3.43. The number of nitrogens with one attached hydrogen (secondary N) is 1. The van der Waals surface area contributed by atoms with E-state index in [1.807, 2.05) is 0 Å². The Morgan fingerprint density at radius 2 is 2.00 bits per heavy atom. The van der Waals surface area contributed by atoms with Crippen LogP contribution in [0.2, 0.25) is 6.04 Å². The van der Waals surface area contributed by atoms with Crippen molar-refractivity contribution >= 4 is 9.20 Å². The van der Waals surface area contributed by atoms with Gasteiger partial charge in [-0.3, -0.25) is 0 Å². The highest BCUT2D eigenvalue weighted by Crippen LogP contribution is 2.24. The molecule has 0 spiro atoms. The van der Waals surface area contributed by atoms with Gasteiger partial charge in [-0.1, -0.05) is 33.1 Å². The van der Waals surface area contributed by atoms with Gasteiger partial charge >= 0.3 is 0 Å². The van der Waals surface area contributed by atoms with Gasteiger partial charge in [0.15, 0.2) is 0 Å². The molecule has 1 aliphatic carbocycles. The van der Waals surface area contributed by atoms with Crippen LogP contribution < -0.4 is 4.98 Å². The molecule has 0 aromatic carbocycles. The van der Waals surface area contributed by atoms with E-state index < -0.39 is 9.20 Å². The van der Waals surface area contributed by atoms with Gasteiger partial charge in [-0.2, -0.15) is 0 Å². The monoisotopic (exact) mass is 229 g/mol. The molecule has 3 heteroatoms. The van der Waals surface area contributed by atoms with Gasteiger partial charge in [0.05, 0.1) is 0 Å². The van der Waals surface area contributed by atoms with Crippen LogP contribution >= 0.6 is 0 Å². The fourth-order valence-electron chi connectivity index (χ4n) is 2.48. The van der Waals surface area contributed by atoms with E-state index >= 15 is 0 Å². The minimum absolute atomic E-state index is 0.744. The van der Waals surface area contributed by atoms with E-state index in [9.17, 15) is 0 Å². The first-order valence-corrected chi connectivity index (χ1v) is 8.52. The summed E-state index contributed by atoms with van der Waals surface area (Å²) in [5, 5.41) is 0. The maximum atomic E-state index is 5.86. The van der Waals surface area contributed by atoms with Crippen molar-refractivity contribution in [2.24, 2.45) is 5.92 Å². The summed E-state index contributed by atoms with van der Waals surface area (Å²) in [6.45, 7) is 7.64. The molecular formula is C12H27NOSi. The van der Waals surface area contributed by atoms with Gasteiger partial charge in [-0.25, -0.2) is 0 Å². The van der Waals surface area contributed by atoms with Crippen LogP contribution in [0.15, 0.2) is 0 Å². The van der Waals surface area contributed by atoms with Crippen molar-refractivity contribution in [1.29, 1.82) is 0 Å². The molecule has 1 aliphatic rings. The lowest BCUT2D eigenvalue weighted by atomic mass is 9.87. The van der Waals surface area contributed by atoms with Gasteiger partial charge < -0.3 is 9.41 Å². The summed E-state index contributed by atoms with van der Waals surface area (Å²) in [5.41, 5.74) is 0. The molecule has 1 fully saturated rings. The lowest BCUT2D eigenvalue weighted by Crippen LogP contribution is -2.47. The van der Waals surface area contributed by atoms with Gasteiger partial charge in [0, 0.05) is 12.6 Å². The lowest BCUT2D eigenvalue weighted by Gasteiger charge is -2.32. The fourth-order valence-corrected chi connectivity index (χ4v) is 4.81. The molecule has 1 rings (SSSR count). The van der Waals surface area contributed by atoms with E-state index in [4.69, 9.17) is 4.43 Å². The zero-order valence-electron chi connectivity index (χ0n) is 10.6. The molecule has 0 aliphatic heterocycles. The second-order valence-electron chi connectivity index (χ2n) is 4.77. The summed E-state index contributed by atoms with van der Waals surface area (Å²) in [6.07, 6.45) is 6.85. The van der Waals surface area contributed by atoms with Crippen LogP contribution in [0.25, 0.3) is 0 Å². The highest BCUT2D eigenvalue weighted by atomic mass is 28.3. The van der Waals surface area contributed by atoms with Crippen LogP contribution in [0.4, 0.5) is 0 Å². The van der Waals surface area contributed by atoms with E-state index in [1.165, 1.54) is 38.1 Å². The van der Waals surface area contributed by atoms with Crippen molar-refractivity contribution in [1.82, 2.24) is 4.98 Å². The Morgan fingerprint density at radius 3 is 2.60 bits per heavy atom. The molecule has 0 saturated heterocycles. The molecule has 1 N–H and O–H groups in total. The first-order chi connectivity index (χ1) is 7.27. The van der Waals surface area contributed by atoms with Crippen LogP contribution in [0.5, 0.6) is 0 Å². The Morgan fingerprint density at radius 1 is 1.27 bits per heavy atom. The fraction of sp³-hybridized carbons (Fsp3) is 1.00. The first-order valence-electron chi connectivity index (χ1n) is 6.65. The summed E-state index contributed by atoms with van der Waals surface area (Å²) in [7, 11) is -1.10. The molecule has 1 saturated carbocycles. The first kappa shape index (κ1) is 13.2. The van der Waals surface area contributed by atoms with Gasteiger partial charge in [0.2, 0.25) is 0 Å². The van der Waals surface area contributed by atoms with Crippen LogP contribution in [-0.4, -0.2) is 21.9 Å². The summed E-state index contributed by atoms with van der Waals surface area (Å²) in [6, 6.07) is 2.02. The number of hydrogen-bond donors (Lipinski definition) is 1. The maximum Gasteiger partial charge on any atom is 0.252 e. The van der Waals surface area contributed by atoms with Crippen molar-refractivity contribution < 1.29 is 4.43 Å². The molecule has 3 atom stereocenters. The smallest absolute Gasteiger partial charge is 0.252 e. The molecule has 0 radical (unpaired) electrons. The Kier molecular flexibility index (Phi) is 6.53. The summed E-state index contributed by atoms with van der Waals surface area (Å²) < 4.78 is 5.86. The Hall–Kier alpha value is 0.137. The molecule has 0 bridgehead atoms. The molecule has 2 nitrogen and oxygen atoms in total. The quantitative estimate of drug-likeness (QED) is 0.707. The minimum atomic E-state index is -1.10. The third kappa shape index (κ3) is 4.66. The van der Waals surface area contributed by atoms with E-state index in [1.54, 1.807) is 0 Å². The summed E-state index contributed by atoms with van der Waals surface area (Å²) in [5.74, 6) is 0.853. The maximum absolute atomic E-state index is 5.86.